The van der Waals surface area contributed by atoms with Gasteiger partial charge in [-0.3, -0.25) is 19.8 Å². The molecule has 7 heteroatoms. The van der Waals surface area contributed by atoms with Gasteiger partial charge in [0.1, 0.15) is 11.8 Å². The topological polar surface area (TPSA) is 87.7 Å². The molecule has 0 bridgehead atoms. The summed E-state index contributed by atoms with van der Waals surface area (Å²) in [5.41, 5.74) is 3.50. The zero-order valence-electron chi connectivity index (χ0n) is 18.8. The molecular formula is C25H31N3O4. The molecule has 2 aromatic carbocycles. The molecule has 32 heavy (non-hydrogen) atoms. The fourth-order valence-electron chi connectivity index (χ4n) is 3.46. The van der Waals surface area contributed by atoms with Crippen LogP contribution in [0.25, 0.3) is 0 Å². The minimum absolute atomic E-state index is 0.183. The Bertz CT molecular complexity index is 925. The van der Waals surface area contributed by atoms with Crippen molar-refractivity contribution < 1.29 is 19.1 Å². The van der Waals surface area contributed by atoms with Gasteiger partial charge in [-0.1, -0.05) is 69.3 Å². The van der Waals surface area contributed by atoms with E-state index < -0.39 is 18.2 Å². The molecule has 1 heterocycles. The van der Waals surface area contributed by atoms with Gasteiger partial charge in [0.15, 0.2) is 0 Å². The zero-order valence-corrected chi connectivity index (χ0v) is 18.8. The molecule has 3 rings (SSSR count). The second kappa shape index (κ2) is 10.3. The molecule has 1 saturated heterocycles. The van der Waals surface area contributed by atoms with E-state index in [-0.39, 0.29) is 30.1 Å². The molecule has 1 aliphatic rings. The highest BCUT2D eigenvalue weighted by molar-refractivity contribution is 5.91. The van der Waals surface area contributed by atoms with E-state index in [1.807, 2.05) is 69.3 Å². The number of carbonyl (C=O) groups is 3. The molecule has 2 aromatic rings. The number of benzene rings is 2. The quantitative estimate of drug-likeness (QED) is 0.590. The van der Waals surface area contributed by atoms with E-state index in [0.717, 1.165) is 5.56 Å². The van der Waals surface area contributed by atoms with Crippen molar-refractivity contribution in [2.75, 3.05) is 0 Å². The van der Waals surface area contributed by atoms with Crippen molar-refractivity contribution in [1.82, 2.24) is 15.8 Å². The monoisotopic (exact) mass is 437 g/mol. The molecule has 3 amide bonds. The molecule has 0 radical (unpaired) electrons. The fraction of sp³-hybridized carbons (Fsp3) is 0.400. The van der Waals surface area contributed by atoms with Crippen molar-refractivity contribution >= 4 is 17.7 Å². The number of carbonyl (C=O) groups excluding carboxylic acids is 3. The summed E-state index contributed by atoms with van der Waals surface area (Å²) in [5, 5.41) is 4.04. The summed E-state index contributed by atoms with van der Waals surface area (Å²) in [6, 6.07) is 18.1. The highest BCUT2D eigenvalue weighted by Gasteiger charge is 2.41. The number of nitrogens with zero attached hydrogens (tertiary/aromatic N) is 1. The van der Waals surface area contributed by atoms with Gasteiger partial charge in [0.05, 0.1) is 6.42 Å². The van der Waals surface area contributed by atoms with Gasteiger partial charge in [0.25, 0.3) is 5.91 Å². The molecule has 1 aliphatic heterocycles. The van der Waals surface area contributed by atoms with Crippen LogP contribution in [0.3, 0.4) is 0 Å². The molecule has 1 fully saturated rings. The van der Waals surface area contributed by atoms with Crippen LogP contribution in [0.15, 0.2) is 60.7 Å². The molecule has 7 nitrogen and oxygen atoms in total. The lowest BCUT2D eigenvalue weighted by molar-refractivity contribution is -0.173. The van der Waals surface area contributed by atoms with E-state index in [4.69, 9.17) is 4.74 Å². The Morgan fingerprint density at radius 2 is 1.69 bits per heavy atom. The standard InChI is InChI=1S/C25H31N3O4/c1-25(2,3)17-20(26-21(29)15-14-18-10-6-4-7-11-18)24(31)27-28-22(30)16-23(28)32-19-12-8-5-9-13-19/h4-13,20,23H,14-17H2,1-3H3,(H,26,29)(H,27,31)/t20-,23?/m0/s1. The van der Waals surface area contributed by atoms with Crippen LogP contribution in [0.2, 0.25) is 0 Å². The van der Waals surface area contributed by atoms with E-state index in [9.17, 15) is 14.4 Å². The third-order valence-corrected chi connectivity index (χ3v) is 5.10. The zero-order chi connectivity index (χ0) is 23.1. The first-order chi connectivity index (χ1) is 15.2. The smallest absolute Gasteiger partial charge is 0.261 e. The van der Waals surface area contributed by atoms with Crippen LogP contribution in [0.1, 0.15) is 45.6 Å². The van der Waals surface area contributed by atoms with Crippen LogP contribution in [0, 0.1) is 5.41 Å². The molecular weight excluding hydrogens is 406 g/mol. The molecule has 1 unspecified atom stereocenters. The molecule has 0 saturated carbocycles. The largest absolute Gasteiger partial charge is 0.468 e. The lowest BCUT2D eigenvalue weighted by Crippen LogP contribution is -2.65. The number of ether oxygens (including phenoxy) is 1. The highest BCUT2D eigenvalue weighted by Crippen LogP contribution is 2.24. The average Bonchev–Trinajstić information content (AvgIpc) is 2.76. The third kappa shape index (κ3) is 6.83. The number of para-hydroxylation sites is 1. The summed E-state index contributed by atoms with van der Waals surface area (Å²) in [6.45, 7) is 6.00. The fourth-order valence-corrected chi connectivity index (χ4v) is 3.46. The number of hydrogen-bond donors (Lipinski definition) is 2. The summed E-state index contributed by atoms with van der Waals surface area (Å²) in [5.74, 6) is -0.248. The first-order valence-electron chi connectivity index (χ1n) is 10.9. The van der Waals surface area contributed by atoms with Gasteiger partial charge >= 0.3 is 0 Å². The number of hydrogen-bond acceptors (Lipinski definition) is 4. The number of amides is 3. The molecule has 2 atom stereocenters. The van der Waals surface area contributed by atoms with Crippen LogP contribution in [0.4, 0.5) is 0 Å². The van der Waals surface area contributed by atoms with Gasteiger partial charge in [-0.2, -0.15) is 0 Å². The highest BCUT2D eigenvalue weighted by atomic mass is 16.5. The normalized spacial score (nSPS) is 16.7. The van der Waals surface area contributed by atoms with Crippen molar-refractivity contribution in [2.24, 2.45) is 5.41 Å². The minimum Gasteiger partial charge on any atom is -0.468 e. The van der Waals surface area contributed by atoms with Gasteiger partial charge in [-0.05, 0) is 36.0 Å². The van der Waals surface area contributed by atoms with Crippen LogP contribution in [-0.4, -0.2) is 35.0 Å². The van der Waals surface area contributed by atoms with Crippen LogP contribution >= 0.6 is 0 Å². The lowest BCUT2D eigenvalue weighted by Gasteiger charge is -2.40. The summed E-state index contributed by atoms with van der Waals surface area (Å²) in [7, 11) is 0. The van der Waals surface area contributed by atoms with Crippen LogP contribution in [0.5, 0.6) is 5.75 Å². The second-order valence-electron chi connectivity index (χ2n) is 9.20. The van der Waals surface area contributed by atoms with Crippen LogP contribution in [-0.2, 0) is 20.8 Å². The maximum atomic E-state index is 13.0. The van der Waals surface area contributed by atoms with Gasteiger partial charge in [-0.25, -0.2) is 5.01 Å². The van der Waals surface area contributed by atoms with Gasteiger partial charge < -0.3 is 10.1 Å². The predicted molar refractivity (Wildman–Crippen MR) is 121 cm³/mol. The number of aryl methyl sites for hydroxylation is 1. The molecule has 2 N–H and O–H groups in total. The van der Waals surface area contributed by atoms with Crippen molar-refractivity contribution in [3.63, 3.8) is 0 Å². The lowest BCUT2D eigenvalue weighted by atomic mass is 9.87. The maximum Gasteiger partial charge on any atom is 0.261 e. The van der Waals surface area contributed by atoms with Crippen molar-refractivity contribution in [1.29, 1.82) is 0 Å². The van der Waals surface area contributed by atoms with Crippen molar-refractivity contribution in [2.45, 2.75) is 58.7 Å². The number of hydrazine groups is 1. The molecule has 0 aliphatic carbocycles. The number of rotatable bonds is 9. The predicted octanol–water partition coefficient (Wildman–Crippen LogP) is 3.21. The Labute approximate surface area is 189 Å². The third-order valence-electron chi connectivity index (χ3n) is 5.10. The molecule has 0 spiro atoms. The summed E-state index contributed by atoms with van der Waals surface area (Å²) in [4.78, 5) is 37.7. The number of β-lactam (4-membered cyclic amide) rings is 1. The molecule has 0 aromatic heterocycles. The summed E-state index contributed by atoms with van der Waals surface area (Å²) in [6.07, 6.45) is 0.914. The van der Waals surface area contributed by atoms with Crippen LogP contribution < -0.4 is 15.5 Å². The average molecular weight is 438 g/mol. The minimum atomic E-state index is -0.760. The van der Waals surface area contributed by atoms with E-state index >= 15 is 0 Å². The summed E-state index contributed by atoms with van der Waals surface area (Å²) < 4.78 is 5.79. The van der Waals surface area contributed by atoms with E-state index in [0.29, 0.717) is 18.6 Å². The Morgan fingerprint density at radius 3 is 2.28 bits per heavy atom. The Hall–Kier alpha value is -3.35. The maximum absolute atomic E-state index is 13.0. The van der Waals surface area contributed by atoms with E-state index in [1.165, 1.54) is 5.01 Å². The van der Waals surface area contributed by atoms with Crippen molar-refractivity contribution in [3.8, 4) is 5.75 Å². The second-order valence-corrected chi connectivity index (χ2v) is 9.20. The van der Waals surface area contributed by atoms with E-state index in [1.54, 1.807) is 12.1 Å². The molecule has 170 valence electrons. The van der Waals surface area contributed by atoms with Gasteiger partial charge in [0.2, 0.25) is 18.0 Å². The Morgan fingerprint density at radius 1 is 1.06 bits per heavy atom. The Kier molecular flexibility index (Phi) is 7.51. The SMILES string of the molecule is CC(C)(C)C[C@H](NC(=O)CCc1ccccc1)C(=O)NN1C(=O)CC1Oc1ccccc1. The number of nitrogens with one attached hydrogen (secondary N) is 2. The van der Waals surface area contributed by atoms with E-state index in [2.05, 4.69) is 10.7 Å². The van der Waals surface area contributed by atoms with Gasteiger partial charge in [0, 0.05) is 6.42 Å². The first-order valence-corrected chi connectivity index (χ1v) is 10.9. The Balaban J connectivity index is 1.59. The first kappa shape index (κ1) is 23.3. The van der Waals surface area contributed by atoms with Gasteiger partial charge in [-0.15, -0.1) is 0 Å². The summed E-state index contributed by atoms with van der Waals surface area (Å²) >= 11 is 0. The van der Waals surface area contributed by atoms with Crippen molar-refractivity contribution in [3.05, 3.63) is 66.2 Å².